The topological polar surface area (TPSA) is 45.2 Å². The number of amides is 1. The maximum atomic E-state index is 12.7. The fourth-order valence-electron chi connectivity index (χ4n) is 2.31. The van der Waals surface area contributed by atoms with Crippen molar-refractivity contribution in [2.75, 3.05) is 17.3 Å². The number of aromatic nitrogens is 1. The van der Waals surface area contributed by atoms with Crippen LogP contribution in [-0.4, -0.2) is 17.9 Å². The molecule has 0 fully saturated rings. The lowest BCUT2D eigenvalue weighted by atomic mass is 10.2. The summed E-state index contributed by atoms with van der Waals surface area (Å²) in [5, 5.41) is 4.27. The van der Waals surface area contributed by atoms with E-state index in [2.05, 4.69) is 10.3 Å². The second-order valence-corrected chi connectivity index (χ2v) is 6.22. The van der Waals surface area contributed by atoms with Crippen LogP contribution in [0.4, 0.5) is 17.1 Å². The third-order valence-corrected chi connectivity index (χ3v) is 4.20. The number of anilines is 3. The van der Waals surface area contributed by atoms with E-state index in [0.29, 0.717) is 27.1 Å². The standard InChI is InChI=1S/C19H15Cl2N3O/c1-24(15-5-3-2-4-6-15)19(25)18-12-14(9-10-22-18)23-17-11-13(20)7-8-16(17)21/h2-12H,1H3,(H,22,23). The minimum Gasteiger partial charge on any atom is -0.354 e. The Bertz CT molecular complexity index is 900. The minimum absolute atomic E-state index is 0.202. The van der Waals surface area contributed by atoms with Crippen molar-refractivity contribution < 1.29 is 4.79 Å². The number of rotatable bonds is 4. The molecule has 0 saturated carbocycles. The Labute approximate surface area is 156 Å². The predicted molar refractivity (Wildman–Crippen MR) is 103 cm³/mol. The van der Waals surface area contributed by atoms with Crippen molar-refractivity contribution in [3.8, 4) is 0 Å². The van der Waals surface area contributed by atoms with Gasteiger partial charge in [-0.25, -0.2) is 0 Å². The normalized spacial score (nSPS) is 10.4. The number of carbonyl (C=O) groups excluding carboxylic acids is 1. The second kappa shape index (κ2) is 7.55. The monoisotopic (exact) mass is 371 g/mol. The van der Waals surface area contributed by atoms with Gasteiger partial charge in [0.2, 0.25) is 0 Å². The summed E-state index contributed by atoms with van der Waals surface area (Å²) in [7, 11) is 1.72. The van der Waals surface area contributed by atoms with Crippen molar-refractivity contribution in [3.05, 3.63) is 82.6 Å². The van der Waals surface area contributed by atoms with Crippen molar-refractivity contribution in [3.63, 3.8) is 0 Å². The molecule has 1 N–H and O–H groups in total. The number of carbonyl (C=O) groups is 1. The number of para-hydroxylation sites is 1. The Hall–Kier alpha value is -2.56. The Kier molecular flexibility index (Phi) is 5.22. The molecule has 0 aliphatic carbocycles. The summed E-state index contributed by atoms with van der Waals surface area (Å²) in [5.74, 6) is -0.202. The van der Waals surface area contributed by atoms with Gasteiger partial charge in [-0.1, -0.05) is 41.4 Å². The molecule has 1 aromatic heterocycles. The number of pyridine rings is 1. The lowest BCUT2D eigenvalue weighted by Gasteiger charge is -2.17. The molecule has 6 heteroatoms. The Morgan fingerprint density at radius 2 is 1.80 bits per heavy atom. The third-order valence-electron chi connectivity index (χ3n) is 3.63. The molecule has 0 saturated heterocycles. The zero-order chi connectivity index (χ0) is 17.8. The molecule has 1 amide bonds. The summed E-state index contributed by atoms with van der Waals surface area (Å²) in [6.45, 7) is 0. The van der Waals surface area contributed by atoms with E-state index in [1.807, 2.05) is 30.3 Å². The van der Waals surface area contributed by atoms with Gasteiger partial charge in [-0.3, -0.25) is 9.78 Å². The first kappa shape index (κ1) is 17.3. The lowest BCUT2D eigenvalue weighted by molar-refractivity contribution is 0.0988. The van der Waals surface area contributed by atoms with Crippen LogP contribution in [0.25, 0.3) is 0 Å². The molecule has 0 radical (unpaired) electrons. The van der Waals surface area contributed by atoms with E-state index in [1.54, 1.807) is 48.5 Å². The van der Waals surface area contributed by atoms with Gasteiger partial charge in [0, 0.05) is 29.6 Å². The Morgan fingerprint density at radius 3 is 2.56 bits per heavy atom. The predicted octanol–water partition coefficient (Wildman–Crippen LogP) is 5.41. The number of nitrogens with zero attached hydrogens (tertiary/aromatic N) is 2. The van der Waals surface area contributed by atoms with Crippen LogP contribution in [0.1, 0.15) is 10.5 Å². The van der Waals surface area contributed by atoms with Crippen LogP contribution in [0.3, 0.4) is 0 Å². The molecule has 3 aromatic rings. The number of benzene rings is 2. The van der Waals surface area contributed by atoms with Gasteiger partial charge in [0.05, 0.1) is 10.7 Å². The van der Waals surface area contributed by atoms with Gasteiger partial charge < -0.3 is 10.2 Å². The van der Waals surface area contributed by atoms with Gasteiger partial charge in [-0.05, 0) is 42.5 Å². The molecule has 126 valence electrons. The van der Waals surface area contributed by atoms with Crippen LogP contribution in [0, 0.1) is 0 Å². The molecule has 4 nitrogen and oxygen atoms in total. The third kappa shape index (κ3) is 4.10. The van der Waals surface area contributed by atoms with Crippen molar-refractivity contribution in [1.82, 2.24) is 4.98 Å². The summed E-state index contributed by atoms with van der Waals surface area (Å²) in [5.41, 5.74) is 2.49. The largest absolute Gasteiger partial charge is 0.354 e. The zero-order valence-electron chi connectivity index (χ0n) is 13.4. The van der Waals surface area contributed by atoms with Gasteiger partial charge in [-0.15, -0.1) is 0 Å². The van der Waals surface area contributed by atoms with Gasteiger partial charge >= 0.3 is 0 Å². The summed E-state index contributed by atoms with van der Waals surface area (Å²) in [6, 6.07) is 18.0. The first-order valence-electron chi connectivity index (χ1n) is 7.56. The quantitative estimate of drug-likeness (QED) is 0.666. The number of hydrogen-bond acceptors (Lipinski definition) is 3. The van der Waals surface area contributed by atoms with Crippen LogP contribution in [0.2, 0.25) is 10.0 Å². The highest BCUT2D eigenvalue weighted by Crippen LogP contribution is 2.28. The van der Waals surface area contributed by atoms with E-state index in [9.17, 15) is 4.79 Å². The molecule has 3 rings (SSSR count). The fraction of sp³-hybridized carbons (Fsp3) is 0.0526. The Balaban J connectivity index is 1.84. The summed E-state index contributed by atoms with van der Waals surface area (Å²) >= 11 is 12.2. The number of hydrogen-bond donors (Lipinski definition) is 1. The minimum atomic E-state index is -0.202. The number of halogens is 2. The summed E-state index contributed by atoms with van der Waals surface area (Å²) in [4.78, 5) is 18.4. The van der Waals surface area contributed by atoms with Crippen LogP contribution >= 0.6 is 23.2 Å². The fourth-order valence-corrected chi connectivity index (χ4v) is 2.65. The van der Waals surface area contributed by atoms with Crippen molar-refractivity contribution in [1.29, 1.82) is 0 Å². The second-order valence-electron chi connectivity index (χ2n) is 5.38. The van der Waals surface area contributed by atoms with Crippen LogP contribution in [-0.2, 0) is 0 Å². The van der Waals surface area contributed by atoms with Gasteiger partial charge in [-0.2, -0.15) is 0 Å². The maximum absolute atomic E-state index is 12.7. The first-order chi connectivity index (χ1) is 12.0. The van der Waals surface area contributed by atoms with E-state index in [1.165, 1.54) is 0 Å². The molecule has 2 aromatic carbocycles. The summed E-state index contributed by atoms with van der Waals surface area (Å²) < 4.78 is 0. The van der Waals surface area contributed by atoms with Gasteiger partial charge in [0.1, 0.15) is 5.69 Å². The van der Waals surface area contributed by atoms with Gasteiger partial charge in [0.25, 0.3) is 5.91 Å². The van der Waals surface area contributed by atoms with E-state index < -0.39 is 0 Å². The maximum Gasteiger partial charge on any atom is 0.276 e. The first-order valence-corrected chi connectivity index (χ1v) is 8.31. The van der Waals surface area contributed by atoms with Crippen LogP contribution < -0.4 is 10.2 Å². The molecular formula is C19H15Cl2N3O. The molecule has 0 atom stereocenters. The SMILES string of the molecule is CN(C(=O)c1cc(Nc2cc(Cl)ccc2Cl)ccn1)c1ccccc1. The molecule has 0 spiro atoms. The molecule has 0 aliphatic heterocycles. The van der Waals surface area contributed by atoms with E-state index in [-0.39, 0.29) is 5.91 Å². The average Bonchev–Trinajstić information content (AvgIpc) is 2.64. The van der Waals surface area contributed by atoms with E-state index >= 15 is 0 Å². The van der Waals surface area contributed by atoms with E-state index in [4.69, 9.17) is 23.2 Å². The van der Waals surface area contributed by atoms with E-state index in [0.717, 1.165) is 5.69 Å². The summed E-state index contributed by atoms with van der Waals surface area (Å²) in [6.07, 6.45) is 1.58. The molecule has 1 heterocycles. The smallest absolute Gasteiger partial charge is 0.276 e. The highest BCUT2D eigenvalue weighted by atomic mass is 35.5. The molecular weight excluding hydrogens is 357 g/mol. The zero-order valence-corrected chi connectivity index (χ0v) is 14.9. The molecule has 25 heavy (non-hydrogen) atoms. The van der Waals surface area contributed by atoms with Crippen molar-refractivity contribution in [2.24, 2.45) is 0 Å². The van der Waals surface area contributed by atoms with Crippen molar-refractivity contribution >= 4 is 46.2 Å². The number of nitrogens with one attached hydrogen (secondary N) is 1. The highest BCUT2D eigenvalue weighted by molar-refractivity contribution is 6.35. The highest BCUT2D eigenvalue weighted by Gasteiger charge is 2.15. The van der Waals surface area contributed by atoms with Gasteiger partial charge in [0.15, 0.2) is 0 Å². The molecule has 0 aliphatic rings. The Morgan fingerprint density at radius 1 is 1.04 bits per heavy atom. The van der Waals surface area contributed by atoms with Crippen molar-refractivity contribution in [2.45, 2.75) is 0 Å². The van der Waals surface area contributed by atoms with Crippen LogP contribution in [0.5, 0.6) is 0 Å². The molecule has 0 unspecified atom stereocenters. The lowest BCUT2D eigenvalue weighted by Crippen LogP contribution is -2.27. The van der Waals surface area contributed by atoms with Crippen LogP contribution in [0.15, 0.2) is 66.9 Å². The average molecular weight is 372 g/mol. The molecule has 0 bridgehead atoms.